The van der Waals surface area contributed by atoms with Crippen molar-refractivity contribution in [3.05, 3.63) is 30.1 Å². The molecule has 0 aliphatic rings. The molecule has 1 aromatic heterocycles. The van der Waals surface area contributed by atoms with Crippen LogP contribution in [-0.2, 0) is 6.42 Å². The molecule has 0 saturated heterocycles. The lowest BCUT2D eigenvalue weighted by atomic mass is 9.83. The Balaban J connectivity index is 2.39. The largest absolute Gasteiger partial charge is 0.315 e. The van der Waals surface area contributed by atoms with Crippen molar-refractivity contribution in [1.82, 2.24) is 10.3 Å². The number of rotatable bonds is 6. The molecule has 2 nitrogen and oxygen atoms in total. The number of hydrogen-bond donors (Lipinski definition) is 1. The number of nitrogens with one attached hydrogen (secondary N) is 1. The average Bonchev–Trinajstić information content (AvgIpc) is 2.17. The van der Waals surface area contributed by atoms with Crippen LogP contribution in [0.15, 0.2) is 24.5 Å². The SMILES string of the molecule is CC(C)NCCC(C)(C)Cc1ccncc1. The van der Waals surface area contributed by atoms with Crippen molar-refractivity contribution in [1.29, 1.82) is 0 Å². The minimum absolute atomic E-state index is 0.350. The molecule has 0 atom stereocenters. The fraction of sp³-hybridized carbons (Fsp3) is 0.643. The first-order valence-electron chi connectivity index (χ1n) is 6.12. The monoisotopic (exact) mass is 220 g/mol. The standard InChI is InChI=1S/C14H24N2/c1-12(2)16-10-7-14(3,4)11-13-5-8-15-9-6-13/h5-6,8-9,12,16H,7,10-11H2,1-4H3. The Morgan fingerprint density at radius 1 is 1.25 bits per heavy atom. The van der Waals surface area contributed by atoms with Gasteiger partial charge >= 0.3 is 0 Å². The second-order valence-corrected chi connectivity index (χ2v) is 5.56. The molecule has 90 valence electrons. The van der Waals surface area contributed by atoms with E-state index in [1.54, 1.807) is 0 Å². The van der Waals surface area contributed by atoms with Crippen LogP contribution in [0.3, 0.4) is 0 Å². The van der Waals surface area contributed by atoms with Gasteiger partial charge in [0.25, 0.3) is 0 Å². The van der Waals surface area contributed by atoms with Crippen molar-refractivity contribution in [3.63, 3.8) is 0 Å². The zero-order chi connectivity index (χ0) is 12.0. The highest BCUT2D eigenvalue weighted by atomic mass is 14.9. The molecule has 0 unspecified atom stereocenters. The van der Waals surface area contributed by atoms with Gasteiger partial charge in [0, 0.05) is 18.4 Å². The van der Waals surface area contributed by atoms with Gasteiger partial charge in [-0.3, -0.25) is 4.98 Å². The third-order valence-corrected chi connectivity index (χ3v) is 2.79. The molecule has 0 fully saturated rings. The summed E-state index contributed by atoms with van der Waals surface area (Å²) in [7, 11) is 0. The highest BCUT2D eigenvalue weighted by Crippen LogP contribution is 2.25. The summed E-state index contributed by atoms with van der Waals surface area (Å²) in [6.45, 7) is 10.1. The lowest BCUT2D eigenvalue weighted by Gasteiger charge is -2.25. The maximum Gasteiger partial charge on any atom is 0.0270 e. The topological polar surface area (TPSA) is 24.9 Å². The Morgan fingerprint density at radius 3 is 2.44 bits per heavy atom. The van der Waals surface area contributed by atoms with Crippen LogP contribution < -0.4 is 5.32 Å². The number of aromatic nitrogens is 1. The molecule has 0 aromatic carbocycles. The van der Waals surface area contributed by atoms with Crippen LogP contribution in [0.5, 0.6) is 0 Å². The van der Waals surface area contributed by atoms with E-state index < -0.39 is 0 Å². The lowest BCUT2D eigenvalue weighted by Crippen LogP contribution is -2.28. The number of hydrogen-bond acceptors (Lipinski definition) is 2. The summed E-state index contributed by atoms with van der Waals surface area (Å²) in [5, 5.41) is 3.48. The van der Waals surface area contributed by atoms with Crippen molar-refractivity contribution in [3.8, 4) is 0 Å². The van der Waals surface area contributed by atoms with Gasteiger partial charge in [0.2, 0.25) is 0 Å². The van der Waals surface area contributed by atoms with E-state index in [9.17, 15) is 0 Å². The molecule has 0 aliphatic heterocycles. The molecule has 0 aliphatic carbocycles. The van der Waals surface area contributed by atoms with Crippen molar-refractivity contribution in [2.24, 2.45) is 5.41 Å². The summed E-state index contributed by atoms with van der Waals surface area (Å²) in [4.78, 5) is 4.05. The average molecular weight is 220 g/mol. The fourth-order valence-corrected chi connectivity index (χ4v) is 1.84. The summed E-state index contributed by atoms with van der Waals surface area (Å²) in [6, 6.07) is 4.80. The van der Waals surface area contributed by atoms with E-state index in [1.165, 1.54) is 12.0 Å². The smallest absolute Gasteiger partial charge is 0.0270 e. The molecule has 0 spiro atoms. The predicted molar refractivity (Wildman–Crippen MR) is 69.5 cm³/mol. The summed E-state index contributed by atoms with van der Waals surface area (Å²) >= 11 is 0. The van der Waals surface area contributed by atoms with Crippen LogP contribution in [0.1, 0.15) is 39.7 Å². The molecule has 16 heavy (non-hydrogen) atoms. The highest BCUT2D eigenvalue weighted by Gasteiger charge is 2.17. The predicted octanol–water partition coefficient (Wildman–Crippen LogP) is 3.04. The molecule has 0 saturated carbocycles. The Kier molecular flexibility index (Phi) is 4.94. The second-order valence-electron chi connectivity index (χ2n) is 5.56. The van der Waals surface area contributed by atoms with E-state index in [1.807, 2.05) is 12.4 Å². The van der Waals surface area contributed by atoms with Crippen molar-refractivity contribution in [2.45, 2.75) is 46.6 Å². The van der Waals surface area contributed by atoms with Crippen LogP contribution in [-0.4, -0.2) is 17.6 Å². The highest BCUT2D eigenvalue weighted by molar-refractivity contribution is 5.11. The summed E-state index contributed by atoms with van der Waals surface area (Å²) in [5.74, 6) is 0. The van der Waals surface area contributed by atoms with Crippen LogP contribution in [0, 0.1) is 5.41 Å². The molecule has 1 aromatic rings. The van der Waals surface area contributed by atoms with E-state index >= 15 is 0 Å². The minimum Gasteiger partial charge on any atom is -0.315 e. The molecule has 2 heteroatoms. The van der Waals surface area contributed by atoms with Crippen molar-refractivity contribution >= 4 is 0 Å². The van der Waals surface area contributed by atoms with Gasteiger partial charge in [-0.15, -0.1) is 0 Å². The van der Waals surface area contributed by atoms with E-state index in [-0.39, 0.29) is 0 Å². The third-order valence-electron chi connectivity index (χ3n) is 2.79. The number of pyridine rings is 1. The Labute approximate surface area is 99.5 Å². The molecular weight excluding hydrogens is 196 g/mol. The van der Waals surface area contributed by atoms with Gasteiger partial charge in [0.1, 0.15) is 0 Å². The van der Waals surface area contributed by atoms with Crippen LogP contribution >= 0.6 is 0 Å². The molecule has 0 radical (unpaired) electrons. The van der Waals surface area contributed by atoms with E-state index in [2.05, 4.69) is 50.1 Å². The zero-order valence-electron chi connectivity index (χ0n) is 11.0. The summed E-state index contributed by atoms with van der Waals surface area (Å²) < 4.78 is 0. The molecule has 0 bridgehead atoms. The fourth-order valence-electron chi connectivity index (χ4n) is 1.84. The Hall–Kier alpha value is -0.890. The van der Waals surface area contributed by atoms with Gasteiger partial charge in [0.15, 0.2) is 0 Å². The first-order chi connectivity index (χ1) is 7.49. The first-order valence-corrected chi connectivity index (χ1v) is 6.12. The first kappa shape index (κ1) is 13.2. The third kappa shape index (κ3) is 5.26. The molecular formula is C14H24N2. The van der Waals surface area contributed by atoms with Crippen LogP contribution in [0.4, 0.5) is 0 Å². The summed E-state index contributed by atoms with van der Waals surface area (Å²) in [5.41, 5.74) is 1.73. The van der Waals surface area contributed by atoms with Gasteiger partial charge < -0.3 is 5.32 Å². The van der Waals surface area contributed by atoms with Crippen LogP contribution in [0.25, 0.3) is 0 Å². The molecule has 1 rings (SSSR count). The summed E-state index contributed by atoms with van der Waals surface area (Å²) in [6.07, 6.45) is 6.07. The second kappa shape index (κ2) is 6.00. The van der Waals surface area contributed by atoms with E-state index in [0.29, 0.717) is 11.5 Å². The molecule has 0 amide bonds. The maximum atomic E-state index is 4.05. The van der Waals surface area contributed by atoms with Crippen molar-refractivity contribution < 1.29 is 0 Å². The van der Waals surface area contributed by atoms with Crippen LogP contribution in [0.2, 0.25) is 0 Å². The van der Waals surface area contributed by atoms with Gasteiger partial charge in [-0.05, 0) is 42.5 Å². The Bertz CT molecular complexity index is 291. The van der Waals surface area contributed by atoms with E-state index in [0.717, 1.165) is 13.0 Å². The van der Waals surface area contributed by atoms with Gasteiger partial charge in [-0.2, -0.15) is 0 Å². The maximum absolute atomic E-state index is 4.05. The number of nitrogens with zero attached hydrogens (tertiary/aromatic N) is 1. The quantitative estimate of drug-likeness (QED) is 0.797. The van der Waals surface area contributed by atoms with Gasteiger partial charge in [-0.1, -0.05) is 27.7 Å². The van der Waals surface area contributed by atoms with Gasteiger partial charge in [0.05, 0.1) is 0 Å². The lowest BCUT2D eigenvalue weighted by molar-refractivity contribution is 0.320. The minimum atomic E-state index is 0.350. The molecule has 1 heterocycles. The van der Waals surface area contributed by atoms with Crippen molar-refractivity contribution in [2.75, 3.05) is 6.54 Å². The molecule has 1 N–H and O–H groups in total. The van der Waals surface area contributed by atoms with E-state index in [4.69, 9.17) is 0 Å². The van der Waals surface area contributed by atoms with Gasteiger partial charge in [-0.25, -0.2) is 0 Å². The normalized spacial score (nSPS) is 12.1. The Morgan fingerprint density at radius 2 is 1.88 bits per heavy atom. The zero-order valence-corrected chi connectivity index (χ0v) is 11.0.